The van der Waals surface area contributed by atoms with E-state index in [1.54, 1.807) is 56.3 Å². The van der Waals surface area contributed by atoms with Gasteiger partial charge >= 0.3 is 6.03 Å². The van der Waals surface area contributed by atoms with Gasteiger partial charge < -0.3 is 15.4 Å². The van der Waals surface area contributed by atoms with Gasteiger partial charge in [0.05, 0.1) is 11.7 Å². The number of carbonyl (C=O) groups is 2. The number of rotatable bonds is 3. The van der Waals surface area contributed by atoms with Crippen LogP contribution < -0.4 is 20.3 Å². The van der Waals surface area contributed by atoms with Gasteiger partial charge in [-0.2, -0.15) is 0 Å². The second-order valence-corrected chi connectivity index (χ2v) is 8.80. The summed E-state index contributed by atoms with van der Waals surface area (Å²) in [5.41, 5.74) is 0.587. The minimum absolute atomic E-state index is 0.292. The van der Waals surface area contributed by atoms with Gasteiger partial charge in [0.25, 0.3) is 0 Å². The Balaban J connectivity index is 1.61. The number of fused-ring (bicyclic) bond motifs is 4. The van der Waals surface area contributed by atoms with Crippen LogP contribution in [0.5, 0.6) is 5.75 Å². The van der Waals surface area contributed by atoms with Crippen LogP contribution in [0, 0.1) is 18.7 Å². The van der Waals surface area contributed by atoms with Crippen LogP contribution in [0.4, 0.5) is 20.6 Å². The third-order valence-electron chi connectivity index (χ3n) is 6.21. The molecule has 0 aliphatic carbocycles. The van der Waals surface area contributed by atoms with Crippen LogP contribution >= 0.6 is 11.6 Å². The van der Waals surface area contributed by atoms with Crippen molar-refractivity contribution in [1.82, 2.24) is 5.32 Å². The molecule has 3 unspecified atom stereocenters. The van der Waals surface area contributed by atoms with Crippen molar-refractivity contribution >= 4 is 34.9 Å². The molecule has 2 N–H and O–H groups in total. The molecule has 2 aliphatic rings. The molecule has 0 spiro atoms. The number of anilines is 2. The molecule has 168 valence electrons. The largest absolute Gasteiger partial charge is 0.466 e. The summed E-state index contributed by atoms with van der Waals surface area (Å²) in [5.74, 6) is -1.09. The smallest absolute Gasteiger partial charge is 0.325 e. The van der Waals surface area contributed by atoms with Crippen molar-refractivity contribution in [3.05, 3.63) is 88.7 Å². The molecule has 2 heterocycles. The Morgan fingerprint density at radius 1 is 1.15 bits per heavy atom. The molecule has 8 heteroatoms. The fourth-order valence-corrected chi connectivity index (χ4v) is 4.72. The van der Waals surface area contributed by atoms with Crippen molar-refractivity contribution in [3.63, 3.8) is 0 Å². The standard InChI is InChI=1S/C25H21ClFN3O3/c1-14-7-12-17(13-19(14)27)30-24(32)29-22-18-5-3-4-6-20(18)33-25(30,2)21(22)23(31)28-16-10-8-15(26)9-11-16/h3-13,21-22H,1-2H3,(H,28,31)(H,29,32). The molecule has 0 aromatic heterocycles. The SMILES string of the molecule is Cc1ccc(N2C(=O)NC3c4ccccc4OC2(C)C3C(=O)Nc2ccc(Cl)cc2)cc1F. The summed E-state index contributed by atoms with van der Waals surface area (Å²) in [6, 6.07) is 17.4. The first-order valence-electron chi connectivity index (χ1n) is 10.5. The molecule has 3 amide bonds. The summed E-state index contributed by atoms with van der Waals surface area (Å²) in [5, 5.41) is 6.39. The molecule has 0 saturated carbocycles. The van der Waals surface area contributed by atoms with Crippen LogP contribution in [0.2, 0.25) is 5.02 Å². The Hall–Kier alpha value is -3.58. The molecule has 33 heavy (non-hydrogen) atoms. The molecule has 0 radical (unpaired) electrons. The third-order valence-corrected chi connectivity index (χ3v) is 6.47. The number of ether oxygens (including phenoxy) is 1. The number of benzene rings is 3. The van der Waals surface area contributed by atoms with E-state index >= 15 is 0 Å². The summed E-state index contributed by atoms with van der Waals surface area (Å²) >= 11 is 5.96. The number of carbonyl (C=O) groups excluding carboxylic acids is 2. The van der Waals surface area contributed by atoms with Crippen molar-refractivity contribution in [2.75, 3.05) is 10.2 Å². The van der Waals surface area contributed by atoms with Crippen LogP contribution in [-0.2, 0) is 4.79 Å². The first-order valence-corrected chi connectivity index (χ1v) is 10.9. The normalized spacial score (nSPS) is 23.3. The molecule has 3 aromatic rings. The highest BCUT2D eigenvalue weighted by Gasteiger charge is 2.60. The lowest BCUT2D eigenvalue weighted by Gasteiger charge is -2.54. The number of amides is 3. The first kappa shape index (κ1) is 21.3. The van der Waals surface area contributed by atoms with Gasteiger partial charge in [0.1, 0.15) is 17.5 Å². The Kier molecular flexibility index (Phi) is 5.01. The molecule has 3 aromatic carbocycles. The van der Waals surface area contributed by atoms with E-state index in [1.807, 2.05) is 18.2 Å². The van der Waals surface area contributed by atoms with Gasteiger partial charge in [-0.1, -0.05) is 35.9 Å². The van der Waals surface area contributed by atoms with E-state index in [1.165, 1.54) is 11.0 Å². The van der Waals surface area contributed by atoms with E-state index in [-0.39, 0.29) is 5.91 Å². The van der Waals surface area contributed by atoms with E-state index in [0.29, 0.717) is 33.3 Å². The summed E-state index contributed by atoms with van der Waals surface area (Å²) in [6.07, 6.45) is 0. The molecule has 2 aliphatic heterocycles. The fourth-order valence-electron chi connectivity index (χ4n) is 4.59. The number of halogens is 2. The van der Waals surface area contributed by atoms with E-state index < -0.39 is 29.5 Å². The monoisotopic (exact) mass is 465 g/mol. The molecule has 2 bridgehead atoms. The summed E-state index contributed by atoms with van der Waals surface area (Å²) < 4.78 is 20.8. The van der Waals surface area contributed by atoms with Crippen molar-refractivity contribution < 1.29 is 18.7 Å². The molecule has 5 rings (SSSR count). The first-order chi connectivity index (χ1) is 15.8. The maximum atomic E-state index is 14.4. The number of aryl methyl sites for hydroxylation is 1. The van der Waals surface area contributed by atoms with E-state index in [0.717, 1.165) is 0 Å². The van der Waals surface area contributed by atoms with Crippen molar-refractivity contribution in [2.45, 2.75) is 25.6 Å². The van der Waals surface area contributed by atoms with Gasteiger partial charge in [-0.05, 0) is 61.9 Å². The minimum Gasteiger partial charge on any atom is -0.466 e. The van der Waals surface area contributed by atoms with Crippen molar-refractivity contribution in [2.24, 2.45) is 5.92 Å². The van der Waals surface area contributed by atoms with E-state index in [4.69, 9.17) is 16.3 Å². The summed E-state index contributed by atoms with van der Waals surface area (Å²) in [6.45, 7) is 3.32. The zero-order valence-electron chi connectivity index (χ0n) is 17.9. The highest BCUT2D eigenvalue weighted by Crippen LogP contribution is 2.49. The lowest BCUT2D eigenvalue weighted by molar-refractivity contribution is -0.131. The van der Waals surface area contributed by atoms with Crippen LogP contribution in [0.15, 0.2) is 66.7 Å². The van der Waals surface area contributed by atoms with Crippen molar-refractivity contribution in [1.29, 1.82) is 0 Å². The number of para-hydroxylation sites is 1. The molecule has 1 fully saturated rings. The lowest BCUT2D eigenvalue weighted by Crippen LogP contribution is -2.72. The Morgan fingerprint density at radius 2 is 1.88 bits per heavy atom. The van der Waals surface area contributed by atoms with Crippen molar-refractivity contribution in [3.8, 4) is 5.75 Å². The molecular formula is C25H21ClFN3O3. The number of nitrogens with one attached hydrogen (secondary N) is 2. The Morgan fingerprint density at radius 3 is 2.61 bits per heavy atom. The van der Waals surface area contributed by atoms with Crippen LogP contribution in [0.1, 0.15) is 24.1 Å². The van der Waals surface area contributed by atoms with Gasteiger partial charge in [-0.3, -0.25) is 9.69 Å². The minimum atomic E-state index is -1.42. The topological polar surface area (TPSA) is 70.7 Å². The van der Waals surface area contributed by atoms with E-state index in [9.17, 15) is 14.0 Å². The zero-order valence-corrected chi connectivity index (χ0v) is 18.7. The highest BCUT2D eigenvalue weighted by molar-refractivity contribution is 6.30. The number of hydrogen-bond donors (Lipinski definition) is 2. The summed E-state index contributed by atoms with van der Waals surface area (Å²) in [4.78, 5) is 28.2. The predicted octanol–water partition coefficient (Wildman–Crippen LogP) is 5.42. The maximum absolute atomic E-state index is 14.4. The number of urea groups is 1. The maximum Gasteiger partial charge on any atom is 0.325 e. The predicted molar refractivity (Wildman–Crippen MR) is 124 cm³/mol. The molecule has 3 atom stereocenters. The van der Waals surface area contributed by atoms with Gasteiger partial charge in [-0.25, -0.2) is 9.18 Å². The molecule has 6 nitrogen and oxygen atoms in total. The third kappa shape index (κ3) is 3.49. The van der Waals surface area contributed by atoms with Crippen LogP contribution in [-0.4, -0.2) is 17.7 Å². The van der Waals surface area contributed by atoms with Gasteiger partial charge in [0.2, 0.25) is 11.6 Å². The highest BCUT2D eigenvalue weighted by atomic mass is 35.5. The second kappa shape index (κ2) is 7.78. The van der Waals surface area contributed by atoms with Gasteiger partial charge in [-0.15, -0.1) is 0 Å². The quantitative estimate of drug-likeness (QED) is 0.542. The fraction of sp³-hybridized carbons (Fsp3) is 0.200. The van der Waals surface area contributed by atoms with Gasteiger partial charge in [0, 0.05) is 16.3 Å². The molecular weight excluding hydrogens is 445 g/mol. The zero-order chi connectivity index (χ0) is 23.3. The number of nitrogens with zero attached hydrogens (tertiary/aromatic N) is 1. The Bertz CT molecular complexity index is 1270. The van der Waals surface area contributed by atoms with E-state index in [2.05, 4.69) is 10.6 Å². The average Bonchev–Trinajstić information content (AvgIpc) is 2.77. The van der Waals surface area contributed by atoms with Crippen LogP contribution in [0.25, 0.3) is 0 Å². The number of hydrogen-bond acceptors (Lipinski definition) is 3. The van der Waals surface area contributed by atoms with Crippen LogP contribution in [0.3, 0.4) is 0 Å². The van der Waals surface area contributed by atoms with Gasteiger partial charge in [0.15, 0.2) is 0 Å². The average molecular weight is 466 g/mol. The molecule has 1 saturated heterocycles. The Labute approximate surface area is 195 Å². The lowest BCUT2D eigenvalue weighted by atomic mass is 9.78. The second-order valence-electron chi connectivity index (χ2n) is 8.36. The summed E-state index contributed by atoms with van der Waals surface area (Å²) in [7, 11) is 0.